The summed E-state index contributed by atoms with van der Waals surface area (Å²) in [6, 6.07) is 3.94. The number of hydrogen-bond donors (Lipinski definition) is 0. The fraction of sp³-hybridized carbons (Fsp3) is 0. The number of benzene rings is 1. The standard InChI is InChI=1S/C9H4ClFN2O/c10-9-6-2-1-5(11)3-7(6)12-8(4-14)13-9/h1-4H. The normalized spacial score (nSPS) is 10.4. The Kier molecular flexibility index (Phi) is 2.13. The zero-order valence-electron chi connectivity index (χ0n) is 6.87. The molecule has 0 aliphatic carbocycles. The zero-order valence-corrected chi connectivity index (χ0v) is 7.62. The van der Waals surface area contributed by atoms with Gasteiger partial charge < -0.3 is 0 Å². The lowest BCUT2D eigenvalue weighted by atomic mass is 10.2. The number of rotatable bonds is 1. The van der Waals surface area contributed by atoms with Crippen LogP contribution in [0, 0.1) is 5.82 Å². The van der Waals surface area contributed by atoms with Gasteiger partial charge in [0.2, 0.25) is 0 Å². The molecule has 3 nitrogen and oxygen atoms in total. The van der Waals surface area contributed by atoms with Gasteiger partial charge in [-0.2, -0.15) is 0 Å². The number of fused-ring (bicyclic) bond motifs is 1. The van der Waals surface area contributed by atoms with E-state index in [1.807, 2.05) is 0 Å². The molecule has 0 aliphatic heterocycles. The molecule has 0 fully saturated rings. The van der Waals surface area contributed by atoms with E-state index in [4.69, 9.17) is 11.6 Å². The number of hydrogen-bond acceptors (Lipinski definition) is 3. The van der Waals surface area contributed by atoms with Crippen LogP contribution in [0.3, 0.4) is 0 Å². The van der Waals surface area contributed by atoms with Crippen molar-refractivity contribution in [2.75, 3.05) is 0 Å². The van der Waals surface area contributed by atoms with Crippen molar-refractivity contribution in [3.8, 4) is 0 Å². The minimum absolute atomic E-state index is 0.0481. The number of aldehydes is 1. The molecule has 1 heterocycles. The molecule has 1 aromatic heterocycles. The van der Waals surface area contributed by atoms with Crippen molar-refractivity contribution in [1.29, 1.82) is 0 Å². The molecule has 0 unspecified atom stereocenters. The molecule has 2 aromatic rings. The predicted octanol–water partition coefficient (Wildman–Crippen LogP) is 2.23. The first-order chi connectivity index (χ1) is 6.70. The molecule has 0 saturated carbocycles. The van der Waals surface area contributed by atoms with E-state index < -0.39 is 5.82 Å². The van der Waals surface area contributed by atoms with Crippen LogP contribution >= 0.6 is 11.6 Å². The van der Waals surface area contributed by atoms with Crippen molar-refractivity contribution in [1.82, 2.24) is 9.97 Å². The molecule has 1 aromatic carbocycles. The third-order valence-electron chi connectivity index (χ3n) is 1.74. The molecule has 14 heavy (non-hydrogen) atoms. The second-order valence-electron chi connectivity index (χ2n) is 2.65. The monoisotopic (exact) mass is 210 g/mol. The van der Waals surface area contributed by atoms with E-state index in [0.717, 1.165) is 0 Å². The molecule has 0 aliphatic rings. The average Bonchev–Trinajstić information content (AvgIpc) is 2.16. The first-order valence-corrected chi connectivity index (χ1v) is 4.16. The fourth-order valence-electron chi connectivity index (χ4n) is 1.13. The Bertz CT molecular complexity index is 515. The molecule has 0 atom stereocenters. The van der Waals surface area contributed by atoms with Crippen LogP contribution in [0.2, 0.25) is 5.15 Å². The van der Waals surface area contributed by atoms with E-state index in [2.05, 4.69) is 9.97 Å². The molecule has 0 spiro atoms. The number of aromatic nitrogens is 2. The fourth-order valence-corrected chi connectivity index (χ4v) is 1.38. The molecular formula is C9H4ClFN2O. The molecule has 0 N–H and O–H groups in total. The highest BCUT2D eigenvalue weighted by molar-refractivity contribution is 6.34. The Labute approximate surface area is 83.5 Å². The van der Waals surface area contributed by atoms with Gasteiger partial charge in [-0.1, -0.05) is 11.6 Å². The molecule has 2 rings (SSSR count). The maximum atomic E-state index is 12.8. The number of halogens is 2. The molecule has 0 radical (unpaired) electrons. The average molecular weight is 211 g/mol. The van der Waals surface area contributed by atoms with Gasteiger partial charge >= 0.3 is 0 Å². The van der Waals surface area contributed by atoms with E-state index in [9.17, 15) is 9.18 Å². The van der Waals surface area contributed by atoms with Gasteiger partial charge in [-0.3, -0.25) is 4.79 Å². The largest absolute Gasteiger partial charge is 0.294 e. The third kappa shape index (κ3) is 1.44. The number of carbonyl (C=O) groups is 1. The summed E-state index contributed by atoms with van der Waals surface area (Å²) in [6.45, 7) is 0. The second-order valence-corrected chi connectivity index (χ2v) is 3.01. The van der Waals surface area contributed by atoms with E-state index >= 15 is 0 Å². The highest BCUT2D eigenvalue weighted by atomic mass is 35.5. The topological polar surface area (TPSA) is 42.9 Å². The van der Waals surface area contributed by atoms with Gasteiger partial charge in [-0.05, 0) is 12.1 Å². The quantitative estimate of drug-likeness (QED) is 0.536. The summed E-state index contributed by atoms with van der Waals surface area (Å²) < 4.78 is 12.8. The van der Waals surface area contributed by atoms with E-state index in [-0.39, 0.29) is 11.0 Å². The SMILES string of the molecule is O=Cc1nc(Cl)c2ccc(F)cc2n1. The van der Waals surface area contributed by atoms with Gasteiger partial charge in [0.25, 0.3) is 0 Å². The van der Waals surface area contributed by atoms with Gasteiger partial charge in [0.1, 0.15) is 11.0 Å². The van der Waals surface area contributed by atoms with Crippen molar-refractivity contribution in [3.05, 3.63) is 35.0 Å². The highest BCUT2D eigenvalue weighted by Crippen LogP contribution is 2.20. The van der Waals surface area contributed by atoms with Crippen molar-refractivity contribution in [2.45, 2.75) is 0 Å². The first kappa shape index (κ1) is 9.02. The van der Waals surface area contributed by atoms with Crippen molar-refractivity contribution >= 4 is 28.8 Å². The Hall–Kier alpha value is -1.55. The minimum Gasteiger partial charge on any atom is -0.294 e. The van der Waals surface area contributed by atoms with E-state index in [0.29, 0.717) is 17.2 Å². The summed E-state index contributed by atoms with van der Waals surface area (Å²) in [6.07, 6.45) is 0.468. The van der Waals surface area contributed by atoms with E-state index in [1.54, 1.807) is 0 Å². The summed E-state index contributed by atoms with van der Waals surface area (Å²) in [4.78, 5) is 17.9. The van der Waals surface area contributed by atoms with Crippen molar-refractivity contribution in [3.63, 3.8) is 0 Å². The Balaban J connectivity index is 2.83. The van der Waals surface area contributed by atoms with Crippen LogP contribution in [0.5, 0.6) is 0 Å². The van der Waals surface area contributed by atoms with Gasteiger partial charge in [-0.15, -0.1) is 0 Å². The van der Waals surface area contributed by atoms with Crippen LogP contribution in [-0.2, 0) is 0 Å². The van der Waals surface area contributed by atoms with Crippen LogP contribution in [0.4, 0.5) is 4.39 Å². The van der Waals surface area contributed by atoms with Crippen LogP contribution < -0.4 is 0 Å². The van der Waals surface area contributed by atoms with Crippen LogP contribution in [0.15, 0.2) is 18.2 Å². The molecule has 0 amide bonds. The molecule has 70 valence electrons. The molecule has 0 bridgehead atoms. The third-order valence-corrected chi connectivity index (χ3v) is 2.02. The maximum Gasteiger partial charge on any atom is 0.194 e. The number of carbonyl (C=O) groups excluding carboxylic acids is 1. The lowest BCUT2D eigenvalue weighted by Gasteiger charge is -1.99. The molecule has 5 heteroatoms. The summed E-state index contributed by atoms with van der Waals surface area (Å²) in [5.74, 6) is -0.475. The highest BCUT2D eigenvalue weighted by Gasteiger charge is 2.05. The van der Waals surface area contributed by atoms with E-state index in [1.165, 1.54) is 18.2 Å². The van der Waals surface area contributed by atoms with Crippen molar-refractivity contribution < 1.29 is 9.18 Å². The Morgan fingerprint density at radius 1 is 1.36 bits per heavy atom. The molecular weight excluding hydrogens is 207 g/mol. The summed E-state index contributed by atoms with van der Waals surface area (Å²) >= 11 is 5.76. The van der Waals surface area contributed by atoms with Gasteiger partial charge in [0.15, 0.2) is 12.1 Å². The predicted molar refractivity (Wildman–Crippen MR) is 49.9 cm³/mol. The summed E-state index contributed by atoms with van der Waals surface area (Å²) in [7, 11) is 0. The summed E-state index contributed by atoms with van der Waals surface area (Å²) in [5, 5.41) is 0.677. The van der Waals surface area contributed by atoms with Gasteiger partial charge in [0.05, 0.1) is 5.52 Å². The lowest BCUT2D eigenvalue weighted by molar-refractivity contribution is 0.111. The van der Waals surface area contributed by atoms with Crippen LogP contribution in [0.25, 0.3) is 10.9 Å². The van der Waals surface area contributed by atoms with Crippen molar-refractivity contribution in [2.24, 2.45) is 0 Å². The van der Waals surface area contributed by atoms with Gasteiger partial charge in [-0.25, -0.2) is 14.4 Å². The number of nitrogens with zero attached hydrogens (tertiary/aromatic N) is 2. The lowest BCUT2D eigenvalue weighted by Crippen LogP contribution is -1.94. The Morgan fingerprint density at radius 2 is 2.14 bits per heavy atom. The summed E-state index contributed by atoms with van der Waals surface area (Å²) in [5.41, 5.74) is 0.326. The first-order valence-electron chi connectivity index (χ1n) is 3.78. The molecule has 0 saturated heterocycles. The maximum absolute atomic E-state index is 12.8. The van der Waals surface area contributed by atoms with Gasteiger partial charge in [0, 0.05) is 11.5 Å². The smallest absolute Gasteiger partial charge is 0.194 e. The second kappa shape index (κ2) is 3.31. The van der Waals surface area contributed by atoms with Crippen LogP contribution in [0.1, 0.15) is 10.6 Å². The zero-order chi connectivity index (χ0) is 10.1. The Morgan fingerprint density at radius 3 is 2.86 bits per heavy atom. The minimum atomic E-state index is -0.427. The van der Waals surface area contributed by atoms with Crippen LogP contribution in [-0.4, -0.2) is 16.3 Å².